The predicted molar refractivity (Wildman–Crippen MR) is 86.7 cm³/mol. The van der Waals surface area contributed by atoms with Crippen molar-refractivity contribution in [3.05, 3.63) is 39.6 Å². The van der Waals surface area contributed by atoms with Crippen LogP contribution in [0.25, 0.3) is 0 Å². The first-order valence-electron chi connectivity index (χ1n) is 6.96. The summed E-state index contributed by atoms with van der Waals surface area (Å²) >= 11 is 6.84. The number of hydrogen-bond donors (Lipinski definition) is 2. The highest BCUT2D eigenvalue weighted by Crippen LogP contribution is 2.13. The van der Waals surface area contributed by atoms with E-state index in [0.717, 1.165) is 34.2 Å². The van der Waals surface area contributed by atoms with E-state index in [4.69, 9.17) is 12.2 Å². The molecule has 114 valence electrons. The van der Waals surface area contributed by atoms with E-state index < -0.39 is 0 Å². The molecular formula is C14H20FN4S2+. The Labute approximate surface area is 133 Å². The largest absolute Gasteiger partial charge is 0.360 e. The van der Waals surface area contributed by atoms with Gasteiger partial charge in [-0.3, -0.25) is 0 Å². The fraction of sp³-hybridized carbons (Fsp3) is 0.429. The molecule has 1 aromatic heterocycles. The summed E-state index contributed by atoms with van der Waals surface area (Å²) in [4.78, 5) is 1.24. The standard InChI is InChI=1S/C14H19FN4S2/c1-3-8-16-13-17-19(14(20)21-13)10-18(2)9-11-4-6-12(15)7-5-11/h4-7H,3,8-10H2,1-2H3,(H,16,17)/p+1. The van der Waals surface area contributed by atoms with Crippen molar-refractivity contribution in [2.24, 2.45) is 0 Å². The minimum absolute atomic E-state index is 0.204. The molecule has 7 heteroatoms. The van der Waals surface area contributed by atoms with Crippen LogP contribution in [-0.4, -0.2) is 23.4 Å². The van der Waals surface area contributed by atoms with Gasteiger partial charge in [-0.05, 0) is 30.8 Å². The zero-order valence-corrected chi connectivity index (χ0v) is 13.9. The molecule has 0 aliphatic carbocycles. The first-order valence-corrected chi connectivity index (χ1v) is 8.18. The molecule has 1 aromatic carbocycles. The summed E-state index contributed by atoms with van der Waals surface area (Å²) in [5.74, 6) is -0.204. The summed E-state index contributed by atoms with van der Waals surface area (Å²) in [5, 5.41) is 8.61. The molecule has 0 saturated heterocycles. The molecule has 0 saturated carbocycles. The van der Waals surface area contributed by atoms with E-state index in [2.05, 4.69) is 24.4 Å². The van der Waals surface area contributed by atoms with Gasteiger partial charge in [-0.1, -0.05) is 30.4 Å². The van der Waals surface area contributed by atoms with Crippen LogP contribution >= 0.6 is 23.6 Å². The fourth-order valence-corrected chi connectivity index (χ4v) is 3.00. The second-order valence-corrected chi connectivity index (χ2v) is 6.64. The third-order valence-corrected chi connectivity index (χ3v) is 4.24. The molecule has 2 aromatic rings. The van der Waals surface area contributed by atoms with Gasteiger partial charge < -0.3 is 10.2 Å². The predicted octanol–water partition coefficient (Wildman–Crippen LogP) is 2.31. The van der Waals surface area contributed by atoms with Crippen LogP contribution in [0.2, 0.25) is 0 Å². The topological polar surface area (TPSA) is 34.3 Å². The normalized spacial score (nSPS) is 12.3. The Balaban J connectivity index is 1.95. The molecule has 0 bridgehead atoms. The van der Waals surface area contributed by atoms with E-state index in [1.54, 1.807) is 0 Å². The van der Waals surface area contributed by atoms with Crippen LogP contribution in [0.4, 0.5) is 9.52 Å². The highest BCUT2D eigenvalue weighted by atomic mass is 32.1. The second-order valence-electron chi connectivity index (χ2n) is 5.02. The minimum atomic E-state index is -0.204. The summed E-state index contributed by atoms with van der Waals surface area (Å²) in [7, 11) is 2.07. The van der Waals surface area contributed by atoms with Crippen molar-refractivity contribution < 1.29 is 9.29 Å². The smallest absolute Gasteiger partial charge is 0.204 e. The van der Waals surface area contributed by atoms with E-state index in [1.807, 2.05) is 16.8 Å². The number of rotatable bonds is 7. The Hall–Kier alpha value is -1.31. The first-order chi connectivity index (χ1) is 10.1. The quantitative estimate of drug-likeness (QED) is 0.766. The Morgan fingerprint density at radius 3 is 2.76 bits per heavy atom. The van der Waals surface area contributed by atoms with Crippen molar-refractivity contribution in [3.8, 4) is 0 Å². The van der Waals surface area contributed by atoms with E-state index in [1.165, 1.54) is 28.4 Å². The maximum Gasteiger partial charge on any atom is 0.204 e. The SMILES string of the molecule is CCCNc1nn(C[NH+](C)Cc2ccc(F)cc2)c(=S)s1. The molecule has 0 radical (unpaired) electrons. The van der Waals surface area contributed by atoms with Gasteiger partial charge in [0.25, 0.3) is 0 Å². The highest BCUT2D eigenvalue weighted by molar-refractivity contribution is 7.73. The van der Waals surface area contributed by atoms with E-state index in [9.17, 15) is 4.39 Å². The Kier molecular flexibility index (Phi) is 5.84. The van der Waals surface area contributed by atoms with Crippen LogP contribution in [0, 0.1) is 9.77 Å². The van der Waals surface area contributed by atoms with Gasteiger partial charge in [-0.2, -0.15) is 4.68 Å². The highest BCUT2D eigenvalue weighted by Gasteiger charge is 2.09. The molecule has 21 heavy (non-hydrogen) atoms. The van der Waals surface area contributed by atoms with Gasteiger partial charge in [0.05, 0.1) is 7.05 Å². The molecule has 1 heterocycles. The van der Waals surface area contributed by atoms with Gasteiger partial charge in [0.2, 0.25) is 5.13 Å². The number of hydrogen-bond acceptors (Lipinski definition) is 4. The van der Waals surface area contributed by atoms with Crippen LogP contribution in [0.5, 0.6) is 0 Å². The molecule has 4 nitrogen and oxygen atoms in total. The van der Waals surface area contributed by atoms with Gasteiger partial charge >= 0.3 is 0 Å². The third-order valence-electron chi connectivity index (χ3n) is 2.97. The van der Waals surface area contributed by atoms with Crippen molar-refractivity contribution >= 4 is 28.7 Å². The molecule has 1 unspecified atom stereocenters. The number of aromatic nitrogens is 2. The number of quaternary nitrogens is 1. The van der Waals surface area contributed by atoms with Crippen LogP contribution in [0.15, 0.2) is 24.3 Å². The molecule has 2 rings (SSSR count). The molecule has 0 aliphatic heterocycles. The number of halogens is 1. The lowest BCUT2D eigenvalue weighted by atomic mass is 10.2. The summed E-state index contributed by atoms with van der Waals surface area (Å²) in [6.07, 6.45) is 1.06. The van der Waals surface area contributed by atoms with Gasteiger partial charge in [-0.25, -0.2) is 4.39 Å². The summed E-state index contributed by atoms with van der Waals surface area (Å²) in [6.45, 7) is 4.52. The lowest BCUT2D eigenvalue weighted by molar-refractivity contribution is -0.917. The van der Waals surface area contributed by atoms with E-state index >= 15 is 0 Å². The maximum atomic E-state index is 12.9. The Morgan fingerprint density at radius 2 is 2.10 bits per heavy atom. The zero-order valence-electron chi connectivity index (χ0n) is 12.2. The Bertz CT molecular complexity index is 621. The maximum absolute atomic E-state index is 12.9. The Morgan fingerprint density at radius 1 is 1.38 bits per heavy atom. The van der Waals surface area contributed by atoms with Crippen molar-refractivity contribution in [1.82, 2.24) is 9.78 Å². The molecule has 2 N–H and O–H groups in total. The molecular weight excluding hydrogens is 307 g/mol. The molecule has 0 fully saturated rings. The molecule has 0 aliphatic rings. The summed E-state index contributed by atoms with van der Waals surface area (Å²) in [6, 6.07) is 6.61. The average Bonchev–Trinajstić information content (AvgIpc) is 2.79. The van der Waals surface area contributed by atoms with Gasteiger partial charge in [0.15, 0.2) is 10.6 Å². The van der Waals surface area contributed by atoms with Crippen LogP contribution in [0.3, 0.4) is 0 Å². The lowest BCUT2D eigenvalue weighted by Crippen LogP contribution is -3.07. The minimum Gasteiger partial charge on any atom is -0.360 e. The van der Waals surface area contributed by atoms with Crippen LogP contribution < -0.4 is 10.2 Å². The molecule has 0 amide bonds. The summed E-state index contributed by atoms with van der Waals surface area (Å²) < 4.78 is 15.5. The third kappa shape index (κ3) is 4.87. The lowest BCUT2D eigenvalue weighted by Gasteiger charge is -2.13. The fourth-order valence-electron chi connectivity index (χ4n) is 1.97. The van der Waals surface area contributed by atoms with Crippen molar-refractivity contribution in [3.63, 3.8) is 0 Å². The van der Waals surface area contributed by atoms with Gasteiger partial charge in [0.1, 0.15) is 12.4 Å². The zero-order chi connectivity index (χ0) is 15.2. The van der Waals surface area contributed by atoms with Crippen molar-refractivity contribution in [2.75, 3.05) is 18.9 Å². The average molecular weight is 327 g/mol. The number of anilines is 1. The summed E-state index contributed by atoms with van der Waals surface area (Å²) in [5.41, 5.74) is 1.10. The number of nitrogens with one attached hydrogen (secondary N) is 2. The molecule has 1 atom stereocenters. The van der Waals surface area contributed by atoms with E-state index in [0.29, 0.717) is 6.67 Å². The van der Waals surface area contributed by atoms with Crippen LogP contribution in [-0.2, 0) is 13.2 Å². The molecule has 0 spiro atoms. The van der Waals surface area contributed by atoms with Crippen LogP contribution in [0.1, 0.15) is 18.9 Å². The number of benzene rings is 1. The van der Waals surface area contributed by atoms with Gasteiger partial charge in [0, 0.05) is 12.1 Å². The van der Waals surface area contributed by atoms with Gasteiger partial charge in [-0.15, -0.1) is 5.10 Å². The van der Waals surface area contributed by atoms with Crippen molar-refractivity contribution in [1.29, 1.82) is 0 Å². The number of nitrogens with zero attached hydrogens (tertiary/aromatic N) is 2. The monoisotopic (exact) mass is 327 g/mol. The second kappa shape index (κ2) is 7.63. The van der Waals surface area contributed by atoms with Crippen molar-refractivity contribution in [2.45, 2.75) is 26.6 Å². The first kappa shape index (κ1) is 16.1. The van der Waals surface area contributed by atoms with E-state index in [-0.39, 0.29) is 5.82 Å².